The van der Waals surface area contributed by atoms with Crippen LogP contribution in [-0.4, -0.2) is 28.9 Å². The lowest BCUT2D eigenvalue weighted by molar-refractivity contribution is -0.130. The monoisotopic (exact) mass is 286 g/mol. The first-order valence-electron chi connectivity index (χ1n) is 5.79. The van der Waals surface area contributed by atoms with Crippen LogP contribution < -0.4 is 5.73 Å². The van der Waals surface area contributed by atoms with Gasteiger partial charge in [0.1, 0.15) is 0 Å². The van der Waals surface area contributed by atoms with Gasteiger partial charge in [0.15, 0.2) is 11.6 Å². The smallest absolute Gasteiger partial charge is 0.226 e. The molecule has 1 aromatic carbocycles. The van der Waals surface area contributed by atoms with Crippen molar-refractivity contribution in [3.05, 3.63) is 35.4 Å². The van der Waals surface area contributed by atoms with Gasteiger partial charge in [0.25, 0.3) is 0 Å². The first kappa shape index (κ1) is 15.5. The van der Waals surface area contributed by atoms with E-state index < -0.39 is 11.6 Å². The molecule has 0 saturated heterocycles. The Labute approximate surface area is 116 Å². The number of nitrogens with two attached hydrogens (primary N) is 1. The molecule has 0 aliphatic heterocycles. The molecule has 0 spiro atoms. The SMILES string of the molecule is CC(CC(N)=S)N(C)C(=O)Cc1ccc(F)c(F)c1. The Morgan fingerprint density at radius 1 is 1.42 bits per heavy atom. The molecule has 1 atom stereocenters. The highest BCUT2D eigenvalue weighted by Gasteiger charge is 2.17. The van der Waals surface area contributed by atoms with Crippen molar-refractivity contribution < 1.29 is 13.6 Å². The van der Waals surface area contributed by atoms with Crippen molar-refractivity contribution >= 4 is 23.1 Å². The van der Waals surface area contributed by atoms with Crippen LogP contribution in [0.5, 0.6) is 0 Å². The highest BCUT2D eigenvalue weighted by Crippen LogP contribution is 2.11. The lowest BCUT2D eigenvalue weighted by atomic mass is 10.1. The second-order valence-corrected chi connectivity index (χ2v) is 4.97. The van der Waals surface area contributed by atoms with Gasteiger partial charge in [0.05, 0.1) is 11.4 Å². The van der Waals surface area contributed by atoms with Gasteiger partial charge in [-0.25, -0.2) is 8.78 Å². The maximum atomic E-state index is 13.0. The molecule has 0 fully saturated rings. The Balaban J connectivity index is 2.68. The van der Waals surface area contributed by atoms with E-state index in [2.05, 4.69) is 0 Å². The molecular weight excluding hydrogens is 270 g/mol. The molecule has 1 amide bonds. The van der Waals surface area contributed by atoms with Gasteiger partial charge in [-0.15, -0.1) is 0 Å². The summed E-state index contributed by atoms with van der Waals surface area (Å²) in [7, 11) is 1.63. The number of carbonyl (C=O) groups excluding carboxylic acids is 1. The Kier molecular flexibility index (Phi) is 5.35. The Bertz CT molecular complexity index is 494. The van der Waals surface area contributed by atoms with Crippen molar-refractivity contribution in [2.75, 3.05) is 7.05 Å². The lowest BCUT2D eigenvalue weighted by Crippen LogP contribution is -2.38. The maximum absolute atomic E-state index is 13.0. The fraction of sp³-hybridized carbons (Fsp3) is 0.385. The second kappa shape index (κ2) is 6.56. The largest absolute Gasteiger partial charge is 0.393 e. The number of thiocarbonyl (C=S) groups is 1. The van der Waals surface area contributed by atoms with Crippen LogP contribution in [0, 0.1) is 11.6 Å². The van der Waals surface area contributed by atoms with E-state index in [4.69, 9.17) is 18.0 Å². The molecule has 1 rings (SSSR count). The molecule has 0 aliphatic carbocycles. The molecule has 6 heteroatoms. The van der Waals surface area contributed by atoms with E-state index in [1.807, 2.05) is 6.92 Å². The molecule has 104 valence electrons. The molecule has 0 heterocycles. The first-order valence-corrected chi connectivity index (χ1v) is 6.20. The van der Waals surface area contributed by atoms with Crippen molar-refractivity contribution in [1.29, 1.82) is 0 Å². The van der Waals surface area contributed by atoms with E-state index in [-0.39, 0.29) is 18.4 Å². The zero-order valence-corrected chi connectivity index (χ0v) is 11.6. The minimum absolute atomic E-state index is 0.00930. The Morgan fingerprint density at radius 3 is 2.58 bits per heavy atom. The van der Waals surface area contributed by atoms with Crippen LogP contribution in [0.25, 0.3) is 0 Å². The summed E-state index contributed by atoms with van der Waals surface area (Å²) in [5.74, 6) is -2.08. The van der Waals surface area contributed by atoms with Crippen LogP contribution in [0.2, 0.25) is 0 Å². The Hall–Kier alpha value is -1.56. The minimum Gasteiger partial charge on any atom is -0.393 e. The number of halogens is 2. The van der Waals surface area contributed by atoms with E-state index in [1.54, 1.807) is 7.05 Å². The van der Waals surface area contributed by atoms with Gasteiger partial charge in [-0.1, -0.05) is 18.3 Å². The molecule has 3 nitrogen and oxygen atoms in total. The van der Waals surface area contributed by atoms with E-state index in [0.29, 0.717) is 17.0 Å². The van der Waals surface area contributed by atoms with Crippen molar-refractivity contribution in [2.45, 2.75) is 25.8 Å². The van der Waals surface area contributed by atoms with Gasteiger partial charge in [-0.3, -0.25) is 4.79 Å². The van der Waals surface area contributed by atoms with E-state index in [9.17, 15) is 13.6 Å². The zero-order valence-electron chi connectivity index (χ0n) is 10.8. The fourth-order valence-electron chi connectivity index (χ4n) is 1.62. The number of amides is 1. The third-order valence-electron chi connectivity index (χ3n) is 2.89. The van der Waals surface area contributed by atoms with Crippen molar-refractivity contribution in [2.24, 2.45) is 5.73 Å². The van der Waals surface area contributed by atoms with Gasteiger partial charge in [-0.2, -0.15) is 0 Å². The topological polar surface area (TPSA) is 46.3 Å². The molecule has 0 aromatic heterocycles. The summed E-state index contributed by atoms with van der Waals surface area (Å²) in [4.78, 5) is 13.8. The van der Waals surface area contributed by atoms with Crippen LogP contribution in [0.15, 0.2) is 18.2 Å². The average molecular weight is 286 g/mol. The van der Waals surface area contributed by atoms with Gasteiger partial charge in [-0.05, 0) is 24.6 Å². The van der Waals surface area contributed by atoms with Gasteiger partial charge in [0, 0.05) is 19.5 Å². The van der Waals surface area contributed by atoms with Crippen molar-refractivity contribution in [1.82, 2.24) is 4.90 Å². The molecule has 0 radical (unpaired) electrons. The van der Waals surface area contributed by atoms with Crippen LogP contribution in [-0.2, 0) is 11.2 Å². The van der Waals surface area contributed by atoms with Crippen LogP contribution in [0.3, 0.4) is 0 Å². The quantitative estimate of drug-likeness (QED) is 0.843. The molecule has 0 bridgehead atoms. The third kappa shape index (κ3) is 4.55. The molecule has 19 heavy (non-hydrogen) atoms. The summed E-state index contributed by atoms with van der Waals surface area (Å²) >= 11 is 4.79. The number of nitrogens with zero attached hydrogens (tertiary/aromatic N) is 1. The molecule has 0 aliphatic rings. The summed E-state index contributed by atoms with van der Waals surface area (Å²) in [6.07, 6.45) is 0.435. The maximum Gasteiger partial charge on any atom is 0.226 e. The third-order valence-corrected chi connectivity index (χ3v) is 3.06. The van der Waals surface area contributed by atoms with Crippen LogP contribution >= 0.6 is 12.2 Å². The van der Waals surface area contributed by atoms with Gasteiger partial charge >= 0.3 is 0 Å². The molecular formula is C13H16F2N2OS. The summed E-state index contributed by atoms with van der Waals surface area (Å²) in [5, 5.41) is 0. The number of hydrogen-bond donors (Lipinski definition) is 1. The number of likely N-dealkylation sites (N-methyl/N-ethyl adjacent to an activating group) is 1. The molecule has 0 saturated carbocycles. The predicted molar refractivity (Wildman–Crippen MR) is 73.7 cm³/mol. The lowest BCUT2D eigenvalue weighted by Gasteiger charge is -2.24. The number of hydrogen-bond acceptors (Lipinski definition) is 2. The number of carbonyl (C=O) groups is 1. The van der Waals surface area contributed by atoms with E-state index in [0.717, 1.165) is 12.1 Å². The van der Waals surface area contributed by atoms with Crippen LogP contribution in [0.4, 0.5) is 8.78 Å². The van der Waals surface area contributed by atoms with E-state index in [1.165, 1.54) is 11.0 Å². The summed E-state index contributed by atoms with van der Waals surface area (Å²) in [5.41, 5.74) is 5.85. The normalized spacial score (nSPS) is 12.0. The predicted octanol–water partition coefficient (Wildman–Crippen LogP) is 2.03. The number of benzene rings is 1. The Morgan fingerprint density at radius 2 is 2.05 bits per heavy atom. The number of rotatable bonds is 5. The zero-order chi connectivity index (χ0) is 14.6. The van der Waals surface area contributed by atoms with Crippen molar-refractivity contribution in [3.8, 4) is 0 Å². The standard InChI is InChI=1S/C13H16F2N2OS/c1-8(5-12(16)19)17(2)13(18)7-9-3-4-10(14)11(15)6-9/h3-4,6,8H,5,7H2,1-2H3,(H2,16,19). The summed E-state index contributed by atoms with van der Waals surface area (Å²) in [6, 6.07) is 3.30. The second-order valence-electron chi connectivity index (χ2n) is 4.45. The fourth-order valence-corrected chi connectivity index (χ4v) is 1.86. The highest BCUT2D eigenvalue weighted by atomic mass is 32.1. The summed E-state index contributed by atoms with van der Waals surface area (Å²) < 4.78 is 25.8. The van der Waals surface area contributed by atoms with Crippen LogP contribution in [0.1, 0.15) is 18.9 Å². The highest BCUT2D eigenvalue weighted by molar-refractivity contribution is 7.80. The van der Waals surface area contributed by atoms with Gasteiger partial charge in [0.2, 0.25) is 5.91 Å². The summed E-state index contributed by atoms with van der Waals surface area (Å²) in [6.45, 7) is 1.82. The van der Waals surface area contributed by atoms with Gasteiger partial charge < -0.3 is 10.6 Å². The molecule has 1 unspecified atom stereocenters. The molecule has 2 N–H and O–H groups in total. The average Bonchev–Trinajstić information content (AvgIpc) is 2.32. The first-order chi connectivity index (χ1) is 8.81. The molecule has 1 aromatic rings. The minimum atomic E-state index is -0.955. The van der Waals surface area contributed by atoms with Crippen molar-refractivity contribution in [3.63, 3.8) is 0 Å². The van der Waals surface area contributed by atoms with E-state index >= 15 is 0 Å².